The largest absolute Gasteiger partial charge is 1.00 e. The lowest BCUT2D eigenvalue weighted by Gasteiger charge is -2.32. The van der Waals surface area contributed by atoms with Crippen LogP contribution < -0.4 is 34.3 Å². The van der Waals surface area contributed by atoms with E-state index in [0.717, 1.165) is 47.1 Å². The Balaban J connectivity index is 0.00000264. The van der Waals surface area contributed by atoms with E-state index in [-0.39, 0.29) is 29.6 Å². The van der Waals surface area contributed by atoms with Crippen LogP contribution in [0.1, 0.15) is 25.0 Å². The molecule has 1 aromatic carbocycles. The molecule has 0 aliphatic heterocycles. The zero-order valence-corrected chi connectivity index (χ0v) is 16.8. The van der Waals surface area contributed by atoms with E-state index in [1.165, 1.54) is 0 Å². The molecule has 0 aliphatic carbocycles. The lowest BCUT2D eigenvalue weighted by Crippen LogP contribution is -3.00. The molecule has 0 spiro atoms. The Morgan fingerprint density at radius 3 is 2.43 bits per heavy atom. The third kappa shape index (κ3) is 4.26. The van der Waals surface area contributed by atoms with Gasteiger partial charge in [-0.25, -0.2) is 4.79 Å². The van der Waals surface area contributed by atoms with E-state index in [2.05, 4.69) is 20.9 Å². The summed E-state index contributed by atoms with van der Waals surface area (Å²) in [5.74, 6) is 0.698. The van der Waals surface area contributed by atoms with Crippen molar-refractivity contribution in [3.63, 3.8) is 0 Å². The average molecular weight is 431 g/mol. The molecule has 0 unspecified atom stereocenters. The van der Waals surface area contributed by atoms with Crippen LogP contribution in [0.5, 0.6) is 5.75 Å². The molecule has 5 heteroatoms. The molecule has 0 radical (unpaired) electrons. The first-order valence-electron chi connectivity index (χ1n) is 7.88. The summed E-state index contributed by atoms with van der Waals surface area (Å²) >= 11 is 0. The Bertz CT molecular complexity index is 720. The van der Waals surface area contributed by atoms with Crippen molar-refractivity contribution in [2.45, 2.75) is 27.2 Å². The van der Waals surface area contributed by atoms with Crippen LogP contribution in [0.25, 0.3) is 11.0 Å². The van der Waals surface area contributed by atoms with Gasteiger partial charge in [-0.3, -0.25) is 0 Å². The molecule has 1 heterocycles. The molecular weight excluding hydrogens is 405 g/mol. The minimum atomic E-state index is -0.225. The number of rotatable bonds is 6. The van der Waals surface area contributed by atoms with Gasteiger partial charge in [-0.1, -0.05) is 0 Å². The van der Waals surface area contributed by atoms with E-state index in [9.17, 15) is 4.79 Å². The fourth-order valence-electron chi connectivity index (χ4n) is 2.71. The van der Waals surface area contributed by atoms with Crippen molar-refractivity contribution in [1.29, 1.82) is 0 Å². The van der Waals surface area contributed by atoms with E-state index < -0.39 is 0 Å². The number of benzene rings is 1. The summed E-state index contributed by atoms with van der Waals surface area (Å²) in [5.41, 5.74) is 2.18. The standard InChI is InChI=1S/C18H26NO3.HI/c1-6-19(4,7-2)11-10-16-13(3)15-9-8-14(21-5)12-17(15)22-18(16)20;/h8-9,12H,6-7,10-11H2,1-5H3;1H/q+1;/p-1. The molecule has 4 nitrogen and oxygen atoms in total. The fourth-order valence-corrected chi connectivity index (χ4v) is 2.71. The molecule has 0 saturated heterocycles. The number of nitrogens with zero attached hydrogens (tertiary/aromatic N) is 1. The molecule has 0 atom stereocenters. The summed E-state index contributed by atoms with van der Waals surface area (Å²) in [6.07, 6.45) is 0.744. The minimum absolute atomic E-state index is 0. The summed E-state index contributed by atoms with van der Waals surface area (Å²) < 4.78 is 11.7. The van der Waals surface area contributed by atoms with E-state index >= 15 is 0 Å². The first-order chi connectivity index (χ1) is 10.4. The third-order valence-corrected chi connectivity index (χ3v) is 4.92. The Kier molecular flexibility index (Phi) is 7.07. The van der Waals surface area contributed by atoms with Crippen LogP contribution >= 0.6 is 0 Å². The van der Waals surface area contributed by atoms with Gasteiger partial charge in [0.2, 0.25) is 0 Å². The molecule has 0 N–H and O–H groups in total. The molecule has 1 aromatic heterocycles. The van der Waals surface area contributed by atoms with Gasteiger partial charge in [0, 0.05) is 23.4 Å². The zero-order valence-electron chi connectivity index (χ0n) is 14.6. The van der Waals surface area contributed by atoms with Crippen LogP contribution in [0.15, 0.2) is 27.4 Å². The van der Waals surface area contributed by atoms with Crippen LogP contribution in [-0.2, 0) is 6.42 Å². The van der Waals surface area contributed by atoms with Gasteiger partial charge in [0.25, 0.3) is 0 Å². The Hall–Kier alpha value is -1.08. The maximum Gasteiger partial charge on any atom is 0.339 e. The van der Waals surface area contributed by atoms with Gasteiger partial charge in [0.05, 0.1) is 33.8 Å². The fraction of sp³-hybridized carbons (Fsp3) is 0.500. The highest BCUT2D eigenvalue weighted by Crippen LogP contribution is 2.24. The second kappa shape index (κ2) is 8.15. The number of ether oxygens (including phenoxy) is 1. The number of halogens is 1. The van der Waals surface area contributed by atoms with Crippen molar-refractivity contribution in [3.05, 3.63) is 39.7 Å². The molecule has 0 aliphatic rings. The summed E-state index contributed by atoms with van der Waals surface area (Å²) in [6, 6.07) is 5.63. The van der Waals surface area contributed by atoms with Crippen LogP contribution in [0.3, 0.4) is 0 Å². The third-order valence-electron chi connectivity index (χ3n) is 4.92. The maximum atomic E-state index is 12.3. The van der Waals surface area contributed by atoms with E-state index in [4.69, 9.17) is 9.15 Å². The lowest BCUT2D eigenvalue weighted by atomic mass is 10.0. The van der Waals surface area contributed by atoms with Crippen molar-refractivity contribution in [3.8, 4) is 5.75 Å². The highest BCUT2D eigenvalue weighted by molar-refractivity contribution is 5.82. The van der Waals surface area contributed by atoms with Gasteiger partial charge in [-0.15, -0.1) is 0 Å². The second-order valence-corrected chi connectivity index (χ2v) is 6.08. The Morgan fingerprint density at radius 2 is 1.87 bits per heavy atom. The number of fused-ring (bicyclic) bond motifs is 1. The maximum absolute atomic E-state index is 12.3. The normalized spacial score (nSPS) is 11.3. The second-order valence-electron chi connectivity index (χ2n) is 6.08. The summed E-state index contributed by atoms with van der Waals surface area (Å²) in [5, 5.41) is 0.984. The van der Waals surface area contributed by atoms with Crippen molar-refractivity contribution < 1.29 is 37.6 Å². The molecule has 0 amide bonds. The van der Waals surface area contributed by atoms with Gasteiger partial charge in [0.1, 0.15) is 11.3 Å². The van der Waals surface area contributed by atoms with Crippen molar-refractivity contribution >= 4 is 11.0 Å². The van der Waals surface area contributed by atoms with Crippen molar-refractivity contribution in [1.82, 2.24) is 0 Å². The number of methoxy groups -OCH3 is 1. The van der Waals surface area contributed by atoms with Gasteiger partial charge in [-0.2, -0.15) is 0 Å². The summed E-state index contributed by atoms with van der Waals surface area (Å²) in [4.78, 5) is 12.3. The smallest absolute Gasteiger partial charge is 0.339 e. The topological polar surface area (TPSA) is 39.4 Å². The Labute approximate surface area is 155 Å². The predicted octanol–water partition coefficient (Wildman–Crippen LogP) is 0.143. The SMILES string of the molecule is CC[N+](C)(CC)CCc1c(C)c2ccc(OC)cc2oc1=O.[I-]. The lowest BCUT2D eigenvalue weighted by molar-refractivity contribution is -0.905. The number of quaternary nitrogens is 1. The molecule has 2 aromatic rings. The van der Waals surface area contributed by atoms with Gasteiger partial charge in [-0.05, 0) is 38.5 Å². The molecule has 128 valence electrons. The highest BCUT2D eigenvalue weighted by atomic mass is 127. The quantitative estimate of drug-likeness (QED) is 0.371. The van der Waals surface area contributed by atoms with Crippen LogP contribution in [0.2, 0.25) is 0 Å². The molecule has 0 saturated carbocycles. The van der Waals surface area contributed by atoms with Gasteiger partial charge < -0.3 is 37.6 Å². The molecule has 23 heavy (non-hydrogen) atoms. The van der Waals surface area contributed by atoms with Crippen LogP contribution in [-0.4, -0.2) is 38.3 Å². The number of hydrogen-bond acceptors (Lipinski definition) is 3. The first-order valence-corrected chi connectivity index (χ1v) is 7.88. The average Bonchev–Trinajstić information content (AvgIpc) is 2.53. The van der Waals surface area contributed by atoms with E-state index in [1.807, 2.05) is 19.1 Å². The summed E-state index contributed by atoms with van der Waals surface area (Å²) in [6.45, 7) is 9.44. The Morgan fingerprint density at radius 1 is 1.22 bits per heavy atom. The van der Waals surface area contributed by atoms with Gasteiger partial charge >= 0.3 is 5.63 Å². The van der Waals surface area contributed by atoms with Crippen molar-refractivity contribution in [2.75, 3.05) is 33.8 Å². The minimum Gasteiger partial charge on any atom is -1.00 e. The highest BCUT2D eigenvalue weighted by Gasteiger charge is 2.19. The molecule has 2 rings (SSSR count). The van der Waals surface area contributed by atoms with E-state index in [0.29, 0.717) is 11.3 Å². The zero-order chi connectivity index (χ0) is 16.3. The monoisotopic (exact) mass is 431 g/mol. The number of hydrogen-bond donors (Lipinski definition) is 0. The number of aryl methyl sites for hydroxylation is 1. The molecular formula is C18H26INO3. The predicted molar refractivity (Wildman–Crippen MR) is 89.6 cm³/mol. The van der Waals surface area contributed by atoms with Gasteiger partial charge in [0.15, 0.2) is 0 Å². The van der Waals surface area contributed by atoms with E-state index in [1.54, 1.807) is 13.2 Å². The summed E-state index contributed by atoms with van der Waals surface area (Å²) in [7, 11) is 3.83. The first kappa shape index (κ1) is 20.0. The number of likely N-dealkylation sites (N-methyl/N-ethyl adjacent to an activating group) is 1. The van der Waals surface area contributed by atoms with Crippen LogP contribution in [0.4, 0.5) is 0 Å². The van der Waals surface area contributed by atoms with Crippen molar-refractivity contribution in [2.24, 2.45) is 0 Å². The van der Waals surface area contributed by atoms with Crippen LogP contribution in [0, 0.1) is 6.92 Å². The molecule has 0 fully saturated rings. The molecule has 0 bridgehead atoms.